The van der Waals surface area contributed by atoms with Crippen LogP contribution in [0.4, 0.5) is 11.4 Å². The lowest BCUT2D eigenvalue weighted by Crippen LogP contribution is -2.17. The monoisotopic (exact) mass is 361 g/mol. The molecule has 3 N–H and O–H groups in total. The molecule has 2 aromatic carbocycles. The molecule has 0 aromatic heterocycles. The number of nitro groups is 1. The van der Waals surface area contributed by atoms with Gasteiger partial charge in [-0.2, -0.15) is 0 Å². The average Bonchev–Trinajstić information content (AvgIpc) is 2.96. The number of primary sulfonamides is 1. The molecule has 0 atom stereocenters. The molecule has 0 heterocycles. The Labute approximate surface area is 146 Å². The number of rotatable bonds is 6. The Morgan fingerprint density at radius 3 is 2.36 bits per heavy atom. The van der Waals surface area contributed by atoms with Crippen LogP contribution in [0.1, 0.15) is 17.5 Å². The number of anilines is 1. The maximum Gasteiger partial charge on any atom is 0.270 e. The highest BCUT2D eigenvalue weighted by Crippen LogP contribution is 2.29. The fraction of sp³-hybridized carbons (Fsp3) is 0.294. The van der Waals surface area contributed by atoms with E-state index in [9.17, 15) is 18.5 Å². The first-order valence-electron chi connectivity index (χ1n) is 7.96. The van der Waals surface area contributed by atoms with Gasteiger partial charge in [-0.3, -0.25) is 10.1 Å². The quantitative estimate of drug-likeness (QED) is 0.606. The molecule has 0 bridgehead atoms. The highest BCUT2D eigenvalue weighted by Gasteiger charge is 2.22. The van der Waals surface area contributed by atoms with Gasteiger partial charge in [0.25, 0.3) is 5.69 Å². The van der Waals surface area contributed by atoms with Crippen molar-refractivity contribution in [3.05, 3.63) is 63.7 Å². The van der Waals surface area contributed by atoms with Crippen molar-refractivity contribution >= 4 is 21.4 Å². The predicted molar refractivity (Wildman–Crippen MR) is 94.9 cm³/mol. The molecular weight excluding hydrogens is 342 g/mol. The summed E-state index contributed by atoms with van der Waals surface area (Å²) in [5.41, 5.74) is 2.73. The summed E-state index contributed by atoms with van der Waals surface area (Å²) in [4.78, 5) is 9.94. The second-order valence-electron chi connectivity index (χ2n) is 6.24. The molecule has 0 aliphatic heterocycles. The smallest absolute Gasteiger partial charge is 0.270 e. The molecule has 0 fully saturated rings. The van der Waals surface area contributed by atoms with Gasteiger partial charge >= 0.3 is 0 Å². The van der Waals surface area contributed by atoms with Crippen molar-refractivity contribution < 1.29 is 13.3 Å². The Morgan fingerprint density at radius 1 is 1.16 bits per heavy atom. The molecule has 7 nitrogen and oxygen atoms in total. The fourth-order valence-corrected chi connectivity index (χ4v) is 4.00. The maximum absolute atomic E-state index is 11.7. The number of hydrogen-bond acceptors (Lipinski definition) is 5. The molecule has 132 valence electrons. The number of nitrogens with two attached hydrogens (primary N) is 1. The zero-order valence-corrected chi connectivity index (χ0v) is 14.3. The molecule has 0 spiro atoms. The number of non-ortho nitro benzene ring substituents is 1. The summed E-state index contributed by atoms with van der Waals surface area (Å²) in [6.07, 6.45) is 2.90. The Kier molecular flexibility index (Phi) is 4.73. The zero-order chi connectivity index (χ0) is 18.0. The summed E-state index contributed by atoms with van der Waals surface area (Å²) >= 11 is 0. The van der Waals surface area contributed by atoms with E-state index in [-0.39, 0.29) is 10.6 Å². The highest BCUT2D eigenvalue weighted by atomic mass is 32.2. The molecule has 0 amide bonds. The van der Waals surface area contributed by atoms with E-state index in [1.165, 1.54) is 23.3 Å². The fourth-order valence-electron chi connectivity index (χ4n) is 3.27. The lowest BCUT2D eigenvalue weighted by molar-refractivity contribution is -0.385. The van der Waals surface area contributed by atoms with Crippen LogP contribution >= 0.6 is 0 Å². The minimum atomic E-state index is -4.05. The van der Waals surface area contributed by atoms with Gasteiger partial charge in [-0.15, -0.1) is 0 Å². The van der Waals surface area contributed by atoms with Crippen LogP contribution in [-0.4, -0.2) is 19.9 Å². The summed E-state index contributed by atoms with van der Waals surface area (Å²) in [6, 6.07) is 12.0. The molecule has 0 saturated heterocycles. The van der Waals surface area contributed by atoms with Crippen molar-refractivity contribution in [3.8, 4) is 0 Å². The Balaban J connectivity index is 1.67. The normalized spacial score (nSPS) is 14.3. The molecule has 25 heavy (non-hydrogen) atoms. The van der Waals surface area contributed by atoms with Gasteiger partial charge in [0.2, 0.25) is 10.0 Å². The summed E-state index contributed by atoms with van der Waals surface area (Å²) in [7, 11) is -4.05. The molecule has 1 aliphatic carbocycles. The largest absolute Gasteiger partial charge is 0.384 e. The third-order valence-corrected chi connectivity index (χ3v) is 5.44. The standard InChI is InChI=1S/C17H19N3O4S/c18-25(23,24)17-11-15(20(21)22)5-6-16(17)19-8-7-12-9-13-3-1-2-4-14(13)10-12/h1-6,11-12,19H,7-10H2,(H2,18,23,24). The summed E-state index contributed by atoms with van der Waals surface area (Å²) in [6.45, 7) is 0.568. The number of nitrogens with one attached hydrogen (secondary N) is 1. The second-order valence-corrected chi connectivity index (χ2v) is 7.77. The third kappa shape index (κ3) is 3.97. The molecule has 0 saturated carbocycles. The minimum Gasteiger partial charge on any atom is -0.384 e. The van der Waals surface area contributed by atoms with Crippen LogP contribution in [0.15, 0.2) is 47.4 Å². The summed E-state index contributed by atoms with van der Waals surface area (Å²) in [5.74, 6) is 0.501. The van der Waals surface area contributed by atoms with Crippen molar-refractivity contribution in [2.75, 3.05) is 11.9 Å². The van der Waals surface area contributed by atoms with Crippen molar-refractivity contribution in [2.45, 2.75) is 24.2 Å². The highest BCUT2D eigenvalue weighted by molar-refractivity contribution is 7.89. The molecular formula is C17H19N3O4S. The second kappa shape index (κ2) is 6.81. The van der Waals surface area contributed by atoms with Crippen LogP contribution in [0, 0.1) is 16.0 Å². The van der Waals surface area contributed by atoms with E-state index in [0.29, 0.717) is 18.2 Å². The van der Waals surface area contributed by atoms with E-state index in [0.717, 1.165) is 25.3 Å². The van der Waals surface area contributed by atoms with Gasteiger partial charge in [-0.1, -0.05) is 24.3 Å². The van der Waals surface area contributed by atoms with Crippen LogP contribution in [0.5, 0.6) is 0 Å². The van der Waals surface area contributed by atoms with Crippen molar-refractivity contribution in [1.29, 1.82) is 0 Å². The van der Waals surface area contributed by atoms with Gasteiger partial charge in [0.05, 0.1) is 10.6 Å². The van der Waals surface area contributed by atoms with Crippen molar-refractivity contribution in [3.63, 3.8) is 0 Å². The lowest BCUT2D eigenvalue weighted by Gasteiger charge is -2.13. The number of fused-ring (bicyclic) bond motifs is 1. The van der Waals surface area contributed by atoms with Crippen LogP contribution in [0.3, 0.4) is 0 Å². The molecule has 8 heteroatoms. The first-order valence-corrected chi connectivity index (χ1v) is 9.51. The lowest BCUT2D eigenvalue weighted by atomic mass is 10.0. The van der Waals surface area contributed by atoms with Gasteiger partial charge < -0.3 is 5.32 Å². The summed E-state index contributed by atoms with van der Waals surface area (Å²) < 4.78 is 23.4. The van der Waals surface area contributed by atoms with Gasteiger partial charge in [0, 0.05) is 18.7 Å². The molecule has 2 aromatic rings. The number of sulfonamides is 1. The number of nitrogens with zero attached hydrogens (tertiary/aromatic N) is 1. The van der Waals surface area contributed by atoms with Crippen molar-refractivity contribution in [1.82, 2.24) is 0 Å². The minimum absolute atomic E-state index is 0.253. The Hall–Kier alpha value is -2.45. The Morgan fingerprint density at radius 2 is 1.80 bits per heavy atom. The topological polar surface area (TPSA) is 115 Å². The Bertz CT molecular complexity index is 887. The maximum atomic E-state index is 11.7. The third-order valence-electron chi connectivity index (χ3n) is 4.49. The van der Waals surface area contributed by atoms with Crippen LogP contribution in [-0.2, 0) is 22.9 Å². The van der Waals surface area contributed by atoms with E-state index in [1.54, 1.807) is 0 Å². The van der Waals surface area contributed by atoms with E-state index in [1.807, 2.05) is 12.1 Å². The van der Waals surface area contributed by atoms with E-state index < -0.39 is 14.9 Å². The van der Waals surface area contributed by atoms with Gasteiger partial charge in [-0.25, -0.2) is 13.6 Å². The van der Waals surface area contributed by atoms with E-state index in [4.69, 9.17) is 5.14 Å². The molecule has 0 unspecified atom stereocenters. The first kappa shape index (κ1) is 17.4. The average molecular weight is 361 g/mol. The number of benzene rings is 2. The molecule has 1 aliphatic rings. The van der Waals surface area contributed by atoms with Crippen molar-refractivity contribution in [2.24, 2.45) is 11.1 Å². The van der Waals surface area contributed by atoms with Crippen LogP contribution < -0.4 is 10.5 Å². The first-order chi connectivity index (χ1) is 11.8. The molecule has 0 radical (unpaired) electrons. The van der Waals surface area contributed by atoms with Gasteiger partial charge in [0.1, 0.15) is 4.90 Å². The van der Waals surface area contributed by atoms with Crippen LogP contribution in [0.2, 0.25) is 0 Å². The van der Waals surface area contributed by atoms with Gasteiger partial charge in [-0.05, 0) is 42.4 Å². The van der Waals surface area contributed by atoms with E-state index >= 15 is 0 Å². The zero-order valence-electron chi connectivity index (χ0n) is 13.5. The summed E-state index contributed by atoms with van der Waals surface area (Å²) in [5, 5.41) is 19.1. The molecule has 3 rings (SSSR count). The van der Waals surface area contributed by atoms with Gasteiger partial charge in [0.15, 0.2) is 0 Å². The van der Waals surface area contributed by atoms with Crippen LogP contribution in [0.25, 0.3) is 0 Å². The number of nitro benzene ring substituents is 1. The number of hydrogen-bond donors (Lipinski definition) is 2. The predicted octanol–water partition coefficient (Wildman–Crippen LogP) is 2.46. The van der Waals surface area contributed by atoms with E-state index in [2.05, 4.69) is 17.4 Å². The SMILES string of the molecule is NS(=O)(=O)c1cc([N+](=O)[O-])ccc1NCCC1Cc2ccccc2C1.